The van der Waals surface area contributed by atoms with Crippen molar-refractivity contribution in [2.24, 2.45) is 0 Å². The summed E-state index contributed by atoms with van der Waals surface area (Å²) in [6, 6.07) is 8.51. The van der Waals surface area contributed by atoms with Crippen LogP contribution in [0.5, 0.6) is 0 Å². The molecule has 0 saturated heterocycles. The molecule has 1 aromatic heterocycles. The quantitative estimate of drug-likeness (QED) is 0.574. The van der Waals surface area contributed by atoms with Crippen molar-refractivity contribution in [3.8, 4) is 0 Å². The van der Waals surface area contributed by atoms with Gasteiger partial charge in [-0.15, -0.1) is 0 Å². The zero-order valence-electron chi connectivity index (χ0n) is 13.7. The number of aromatic nitrogens is 2. The average Bonchev–Trinajstić information content (AvgIpc) is 2.60. The van der Waals surface area contributed by atoms with Gasteiger partial charge in [-0.3, -0.25) is 9.59 Å². The number of methoxy groups -OCH3 is 1. The first-order valence-electron chi connectivity index (χ1n) is 7.62. The Morgan fingerprint density at radius 3 is 2.50 bits per heavy atom. The highest BCUT2D eigenvalue weighted by molar-refractivity contribution is 6.08. The number of hydrogen-bond donors (Lipinski definition) is 1. The first kappa shape index (κ1) is 17.8. The number of hydrogen-bond acceptors (Lipinski definition) is 5. The summed E-state index contributed by atoms with van der Waals surface area (Å²) in [6.07, 6.45) is 0.321. The van der Waals surface area contributed by atoms with Crippen LogP contribution in [-0.2, 0) is 22.6 Å². The molecule has 0 unspecified atom stereocenters. The van der Waals surface area contributed by atoms with E-state index in [4.69, 9.17) is 9.47 Å². The molecule has 2 rings (SSSR count). The summed E-state index contributed by atoms with van der Waals surface area (Å²) in [7, 11) is 1.53. The summed E-state index contributed by atoms with van der Waals surface area (Å²) < 4.78 is 11.0. The second kappa shape index (κ2) is 8.37. The monoisotopic (exact) mass is 332 g/mol. The molecule has 0 spiro atoms. The molecule has 1 aromatic carbocycles. The fourth-order valence-corrected chi connectivity index (χ4v) is 2.28. The molecule has 0 aliphatic rings. The number of nitrogens with zero attached hydrogens (tertiary/aromatic N) is 1. The van der Waals surface area contributed by atoms with Crippen LogP contribution in [0.15, 0.2) is 39.9 Å². The fourth-order valence-electron chi connectivity index (χ4n) is 2.28. The lowest BCUT2D eigenvalue weighted by Gasteiger charge is -2.11. The topological polar surface area (TPSA) is 90.4 Å². The lowest BCUT2D eigenvalue weighted by Crippen LogP contribution is -2.40. The Kier molecular flexibility index (Phi) is 6.22. The van der Waals surface area contributed by atoms with E-state index in [0.29, 0.717) is 18.6 Å². The third kappa shape index (κ3) is 3.87. The summed E-state index contributed by atoms with van der Waals surface area (Å²) in [5.74, 6) is -0.380. The molecule has 7 nitrogen and oxygen atoms in total. The van der Waals surface area contributed by atoms with Gasteiger partial charge in [-0.05, 0) is 6.42 Å². The molecule has 0 saturated carbocycles. The van der Waals surface area contributed by atoms with E-state index in [2.05, 4.69) is 4.98 Å². The Labute approximate surface area is 138 Å². The van der Waals surface area contributed by atoms with Crippen molar-refractivity contribution in [2.75, 3.05) is 20.3 Å². The van der Waals surface area contributed by atoms with Gasteiger partial charge in [-0.1, -0.05) is 37.3 Å². The van der Waals surface area contributed by atoms with Crippen LogP contribution in [0.1, 0.15) is 28.5 Å². The van der Waals surface area contributed by atoms with Crippen LogP contribution in [0, 0.1) is 0 Å². The summed E-state index contributed by atoms with van der Waals surface area (Å²) in [6.45, 7) is 2.18. The number of aromatic amines is 1. The van der Waals surface area contributed by atoms with Gasteiger partial charge in [-0.2, -0.15) is 0 Å². The number of carbonyl (C=O) groups is 1. The zero-order valence-corrected chi connectivity index (χ0v) is 13.7. The predicted molar refractivity (Wildman–Crippen MR) is 88.4 cm³/mol. The lowest BCUT2D eigenvalue weighted by molar-refractivity contribution is 0.0305. The van der Waals surface area contributed by atoms with Gasteiger partial charge >= 0.3 is 5.69 Å². The van der Waals surface area contributed by atoms with Crippen molar-refractivity contribution in [3.05, 3.63) is 68.0 Å². The highest BCUT2D eigenvalue weighted by atomic mass is 16.5. The van der Waals surface area contributed by atoms with Gasteiger partial charge in [0.1, 0.15) is 6.73 Å². The SMILES string of the molecule is CCc1c(C(=O)c2ccccc2)[nH]c(=O)n(COCCOC)c1=O. The number of nitrogens with one attached hydrogen (secondary N) is 1. The second-order valence-electron chi connectivity index (χ2n) is 5.10. The molecule has 1 N–H and O–H groups in total. The van der Waals surface area contributed by atoms with Crippen LogP contribution in [0.4, 0.5) is 0 Å². The number of benzene rings is 1. The predicted octanol–water partition coefficient (Wildman–Crippen LogP) is 0.950. The van der Waals surface area contributed by atoms with Gasteiger partial charge < -0.3 is 14.5 Å². The van der Waals surface area contributed by atoms with Crippen LogP contribution in [0.2, 0.25) is 0 Å². The van der Waals surface area contributed by atoms with Crippen LogP contribution in [0.3, 0.4) is 0 Å². The van der Waals surface area contributed by atoms with Crippen molar-refractivity contribution in [1.82, 2.24) is 9.55 Å². The fraction of sp³-hybridized carbons (Fsp3) is 0.353. The molecule has 0 radical (unpaired) electrons. The molecule has 0 aliphatic heterocycles. The van der Waals surface area contributed by atoms with Crippen molar-refractivity contribution in [1.29, 1.82) is 0 Å². The second-order valence-corrected chi connectivity index (χ2v) is 5.10. The molecular formula is C17H20N2O5. The van der Waals surface area contributed by atoms with Gasteiger partial charge in [0.05, 0.1) is 18.9 Å². The molecule has 0 atom stereocenters. The Morgan fingerprint density at radius 1 is 1.17 bits per heavy atom. The normalized spacial score (nSPS) is 10.8. The number of rotatable bonds is 8. The molecule has 128 valence electrons. The molecule has 0 bridgehead atoms. The molecule has 0 amide bonds. The van der Waals surface area contributed by atoms with E-state index in [9.17, 15) is 14.4 Å². The highest BCUT2D eigenvalue weighted by Crippen LogP contribution is 2.09. The number of H-pyrrole nitrogens is 1. The van der Waals surface area contributed by atoms with Crippen molar-refractivity contribution >= 4 is 5.78 Å². The van der Waals surface area contributed by atoms with E-state index in [-0.39, 0.29) is 30.4 Å². The lowest BCUT2D eigenvalue weighted by atomic mass is 10.0. The van der Waals surface area contributed by atoms with E-state index in [1.807, 2.05) is 0 Å². The number of carbonyl (C=O) groups excluding carboxylic acids is 1. The average molecular weight is 332 g/mol. The third-order valence-corrected chi connectivity index (χ3v) is 3.55. The van der Waals surface area contributed by atoms with Gasteiger partial charge in [0.25, 0.3) is 5.56 Å². The maximum Gasteiger partial charge on any atom is 0.330 e. The summed E-state index contributed by atoms with van der Waals surface area (Å²) in [4.78, 5) is 39.8. The minimum atomic E-state index is -0.672. The van der Waals surface area contributed by atoms with Crippen LogP contribution >= 0.6 is 0 Å². The van der Waals surface area contributed by atoms with Crippen LogP contribution in [0.25, 0.3) is 0 Å². The molecule has 0 aliphatic carbocycles. The van der Waals surface area contributed by atoms with Gasteiger partial charge in [0, 0.05) is 18.2 Å². The van der Waals surface area contributed by atoms with Crippen molar-refractivity contribution < 1.29 is 14.3 Å². The Hall–Kier alpha value is -2.51. The first-order chi connectivity index (χ1) is 11.6. The maximum absolute atomic E-state index is 12.6. The largest absolute Gasteiger partial charge is 0.382 e. The van der Waals surface area contributed by atoms with E-state index in [0.717, 1.165) is 4.57 Å². The van der Waals surface area contributed by atoms with Gasteiger partial charge in [0.15, 0.2) is 0 Å². The standard InChI is InChI=1S/C17H20N2O5/c1-3-13-14(15(20)12-7-5-4-6-8-12)18-17(22)19(16(13)21)11-24-10-9-23-2/h4-8H,3,9-11H2,1-2H3,(H,18,22). The Morgan fingerprint density at radius 2 is 1.88 bits per heavy atom. The smallest absolute Gasteiger partial charge is 0.330 e. The molecule has 0 fully saturated rings. The van der Waals surface area contributed by atoms with Gasteiger partial charge in [-0.25, -0.2) is 9.36 Å². The van der Waals surface area contributed by atoms with Crippen molar-refractivity contribution in [3.63, 3.8) is 0 Å². The maximum atomic E-state index is 12.6. The van der Waals surface area contributed by atoms with Crippen LogP contribution < -0.4 is 11.2 Å². The van der Waals surface area contributed by atoms with Crippen LogP contribution in [-0.4, -0.2) is 35.7 Å². The molecule has 24 heavy (non-hydrogen) atoms. The third-order valence-electron chi connectivity index (χ3n) is 3.55. The van der Waals surface area contributed by atoms with Gasteiger partial charge in [0.2, 0.25) is 5.78 Å². The highest BCUT2D eigenvalue weighted by Gasteiger charge is 2.19. The Balaban J connectivity index is 2.39. The zero-order chi connectivity index (χ0) is 17.5. The minimum absolute atomic E-state index is 0.0341. The molecule has 7 heteroatoms. The van der Waals surface area contributed by atoms with E-state index < -0.39 is 11.2 Å². The molecule has 1 heterocycles. The summed E-state index contributed by atoms with van der Waals surface area (Å²) in [5.41, 5.74) is -0.478. The molecule has 2 aromatic rings. The number of ketones is 1. The summed E-state index contributed by atoms with van der Waals surface area (Å²) >= 11 is 0. The first-order valence-corrected chi connectivity index (χ1v) is 7.62. The van der Waals surface area contributed by atoms with Crippen molar-refractivity contribution in [2.45, 2.75) is 20.1 Å². The minimum Gasteiger partial charge on any atom is -0.382 e. The molecular weight excluding hydrogens is 312 g/mol. The number of ether oxygens (including phenoxy) is 2. The van der Waals surface area contributed by atoms with E-state index in [1.54, 1.807) is 37.3 Å². The van der Waals surface area contributed by atoms with E-state index in [1.165, 1.54) is 7.11 Å². The Bertz CT molecular complexity index is 808. The van der Waals surface area contributed by atoms with E-state index >= 15 is 0 Å². The summed E-state index contributed by atoms with van der Waals surface area (Å²) in [5, 5.41) is 0.